The molecule has 3 heterocycles. The second-order valence-electron chi connectivity index (χ2n) is 4.97. The van der Waals surface area contributed by atoms with Crippen LogP contribution >= 0.6 is 11.6 Å². The molecule has 1 aliphatic heterocycles. The van der Waals surface area contributed by atoms with Gasteiger partial charge in [-0.15, -0.1) is 0 Å². The third-order valence-corrected chi connectivity index (χ3v) is 3.79. The lowest BCUT2D eigenvalue weighted by atomic mass is 9.98. The summed E-state index contributed by atoms with van der Waals surface area (Å²) in [6, 6.07) is 3.30. The summed E-state index contributed by atoms with van der Waals surface area (Å²) >= 11 is 5.75. The third-order valence-electron chi connectivity index (χ3n) is 3.56. The second kappa shape index (κ2) is 5.63. The van der Waals surface area contributed by atoms with Crippen LogP contribution in [0, 0.1) is 5.92 Å². The standard InChI is InChI=1S/C14H15ClN4O/c15-11-1-2-12(17-9-11)14(20)18-8-10-3-5-19-6-4-16-13(19)7-10/h1-2,4,6,9-10H,3,5,7-8H2,(H,18,20)/t10-/m0/s1. The van der Waals surface area contributed by atoms with E-state index >= 15 is 0 Å². The van der Waals surface area contributed by atoms with Crippen LogP contribution in [0.1, 0.15) is 22.7 Å². The van der Waals surface area contributed by atoms with Crippen molar-refractivity contribution in [2.75, 3.05) is 6.54 Å². The maximum atomic E-state index is 12.0. The van der Waals surface area contributed by atoms with Crippen LogP contribution in [0.5, 0.6) is 0 Å². The molecule has 0 spiro atoms. The lowest BCUT2D eigenvalue weighted by Crippen LogP contribution is -2.33. The monoisotopic (exact) mass is 290 g/mol. The van der Waals surface area contributed by atoms with Crippen molar-refractivity contribution in [1.82, 2.24) is 19.9 Å². The molecular weight excluding hydrogens is 276 g/mol. The van der Waals surface area contributed by atoms with E-state index in [-0.39, 0.29) is 5.91 Å². The molecule has 0 aliphatic carbocycles. The molecule has 5 nitrogen and oxygen atoms in total. The number of carbonyl (C=O) groups excluding carboxylic acids is 1. The summed E-state index contributed by atoms with van der Waals surface area (Å²) in [6.07, 6.45) is 7.27. The molecule has 2 aromatic heterocycles. The molecule has 104 valence electrons. The Balaban J connectivity index is 1.55. The second-order valence-corrected chi connectivity index (χ2v) is 5.40. The highest BCUT2D eigenvalue weighted by atomic mass is 35.5. The minimum atomic E-state index is -0.157. The molecule has 20 heavy (non-hydrogen) atoms. The molecule has 1 atom stereocenters. The Hall–Kier alpha value is -1.88. The fourth-order valence-electron chi connectivity index (χ4n) is 2.43. The van der Waals surface area contributed by atoms with Gasteiger partial charge in [0.05, 0.1) is 5.02 Å². The molecule has 0 unspecified atom stereocenters. The molecule has 0 radical (unpaired) electrons. The molecular formula is C14H15ClN4O. The van der Waals surface area contributed by atoms with Gasteiger partial charge in [-0.3, -0.25) is 4.79 Å². The zero-order chi connectivity index (χ0) is 13.9. The molecule has 0 fully saturated rings. The van der Waals surface area contributed by atoms with Gasteiger partial charge in [0.1, 0.15) is 11.5 Å². The molecule has 3 rings (SSSR count). The first-order valence-corrected chi connectivity index (χ1v) is 7.00. The molecule has 6 heteroatoms. The summed E-state index contributed by atoms with van der Waals surface area (Å²) in [5.74, 6) is 1.37. The van der Waals surface area contributed by atoms with Crippen molar-refractivity contribution in [3.8, 4) is 0 Å². The number of imidazole rings is 1. The summed E-state index contributed by atoms with van der Waals surface area (Å²) in [4.78, 5) is 20.3. The van der Waals surface area contributed by atoms with Gasteiger partial charge in [-0.05, 0) is 24.5 Å². The quantitative estimate of drug-likeness (QED) is 0.939. The maximum Gasteiger partial charge on any atom is 0.269 e. The van der Waals surface area contributed by atoms with Gasteiger partial charge in [0.25, 0.3) is 5.91 Å². The number of halogens is 1. The van der Waals surface area contributed by atoms with Crippen LogP contribution in [0.15, 0.2) is 30.7 Å². The Morgan fingerprint density at radius 1 is 1.45 bits per heavy atom. The smallest absolute Gasteiger partial charge is 0.269 e. The van der Waals surface area contributed by atoms with Gasteiger partial charge in [0.2, 0.25) is 0 Å². The van der Waals surface area contributed by atoms with E-state index in [4.69, 9.17) is 11.6 Å². The van der Waals surface area contributed by atoms with Gasteiger partial charge in [-0.2, -0.15) is 0 Å². The fraction of sp³-hybridized carbons (Fsp3) is 0.357. The Labute approximate surface area is 122 Å². The largest absolute Gasteiger partial charge is 0.350 e. The van der Waals surface area contributed by atoms with Crippen molar-refractivity contribution in [2.45, 2.75) is 19.4 Å². The van der Waals surface area contributed by atoms with Crippen LogP contribution in [0.2, 0.25) is 5.02 Å². The van der Waals surface area contributed by atoms with Crippen molar-refractivity contribution >= 4 is 17.5 Å². The van der Waals surface area contributed by atoms with E-state index in [1.807, 2.05) is 12.4 Å². The summed E-state index contributed by atoms with van der Waals surface area (Å²) in [5, 5.41) is 3.46. The van der Waals surface area contributed by atoms with E-state index in [1.165, 1.54) is 6.20 Å². The van der Waals surface area contributed by atoms with Crippen molar-refractivity contribution < 1.29 is 4.79 Å². The van der Waals surface area contributed by atoms with Crippen LogP contribution in [0.25, 0.3) is 0 Å². The first kappa shape index (κ1) is 13.1. The van der Waals surface area contributed by atoms with Crippen LogP contribution in [-0.4, -0.2) is 27.0 Å². The zero-order valence-electron chi connectivity index (χ0n) is 10.9. The molecule has 2 aromatic rings. The van der Waals surface area contributed by atoms with E-state index in [2.05, 4.69) is 19.9 Å². The Kier molecular flexibility index (Phi) is 3.69. The third kappa shape index (κ3) is 2.82. The molecule has 1 aliphatic rings. The highest BCUT2D eigenvalue weighted by Gasteiger charge is 2.20. The molecule has 0 aromatic carbocycles. The highest BCUT2D eigenvalue weighted by Crippen LogP contribution is 2.18. The van der Waals surface area contributed by atoms with E-state index in [0.29, 0.717) is 23.2 Å². The normalized spacial score (nSPS) is 17.6. The first-order chi connectivity index (χ1) is 9.72. The SMILES string of the molecule is O=C(NC[C@H]1CCn2ccnc2C1)c1ccc(Cl)cn1. The van der Waals surface area contributed by atoms with Crippen LogP contribution in [0.3, 0.4) is 0 Å². The Bertz CT molecular complexity index is 608. The molecule has 0 saturated heterocycles. The van der Waals surface area contributed by atoms with Crippen molar-refractivity contribution in [1.29, 1.82) is 0 Å². The average Bonchev–Trinajstić information content (AvgIpc) is 2.93. The van der Waals surface area contributed by atoms with E-state index in [0.717, 1.165) is 25.2 Å². The number of hydrogen-bond acceptors (Lipinski definition) is 3. The number of carbonyl (C=O) groups is 1. The molecule has 0 bridgehead atoms. The Morgan fingerprint density at radius 2 is 2.35 bits per heavy atom. The number of hydrogen-bond donors (Lipinski definition) is 1. The van der Waals surface area contributed by atoms with Crippen molar-refractivity contribution in [2.24, 2.45) is 5.92 Å². The maximum absolute atomic E-state index is 12.0. The Morgan fingerprint density at radius 3 is 3.15 bits per heavy atom. The number of amides is 1. The predicted molar refractivity (Wildman–Crippen MR) is 75.6 cm³/mol. The highest BCUT2D eigenvalue weighted by molar-refractivity contribution is 6.30. The first-order valence-electron chi connectivity index (χ1n) is 6.62. The van der Waals surface area contributed by atoms with Gasteiger partial charge in [-0.1, -0.05) is 11.6 Å². The van der Waals surface area contributed by atoms with Gasteiger partial charge in [-0.25, -0.2) is 9.97 Å². The topological polar surface area (TPSA) is 59.8 Å². The van der Waals surface area contributed by atoms with Gasteiger partial charge >= 0.3 is 0 Å². The number of nitrogens with one attached hydrogen (secondary N) is 1. The number of nitrogens with zero attached hydrogens (tertiary/aromatic N) is 3. The minimum Gasteiger partial charge on any atom is -0.350 e. The number of pyridine rings is 1. The summed E-state index contributed by atoms with van der Waals surface area (Å²) < 4.78 is 2.17. The van der Waals surface area contributed by atoms with Gasteiger partial charge in [0, 0.05) is 38.1 Å². The molecule has 1 amide bonds. The fourth-order valence-corrected chi connectivity index (χ4v) is 2.54. The van der Waals surface area contributed by atoms with Gasteiger partial charge < -0.3 is 9.88 Å². The lowest BCUT2D eigenvalue weighted by Gasteiger charge is -2.23. The minimum absolute atomic E-state index is 0.157. The zero-order valence-corrected chi connectivity index (χ0v) is 11.7. The predicted octanol–water partition coefficient (Wildman–Crippen LogP) is 1.92. The van der Waals surface area contributed by atoms with E-state index in [9.17, 15) is 4.79 Å². The van der Waals surface area contributed by atoms with Gasteiger partial charge in [0.15, 0.2) is 0 Å². The number of aromatic nitrogens is 3. The van der Waals surface area contributed by atoms with Crippen molar-refractivity contribution in [3.63, 3.8) is 0 Å². The van der Waals surface area contributed by atoms with Crippen LogP contribution < -0.4 is 5.32 Å². The van der Waals surface area contributed by atoms with E-state index in [1.54, 1.807) is 12.1 Å². The lowest BCUT2D eigenvalue weighted by molar-refractivity contribution is 0.0939. The number of fused-ring (bicyclic) bond motifs is 1. The molecule has 1 N–H and O–H groups in total. The summed E-state index contributed by atoms with van der Waals surface area (Å²) in [5.41, 5.74) is 0.395. The van der Waals surface area contributed by atoms with Crippen LogP contribution in [-0.2, 0) is 13.0 Å². The van der Waals surface area contributed by atoms with Crippen molar-refractivity contribution in [3.05, 3.63) is 47.3 Å². The van der Waals surface area contributed by atoms with Crippen LogP contribution in [0.4, 0.5) is 0 Å². The number of aryl methyl sites for hydroxylation is 1. The van der Waals surface area contributed by atoms with E-state index < -0.39 is 0 Å². The summed E-state index contributed by atoms with van der Waals surface area (Å²) in [7, 11) is 0. The number of rotatable bonds is 3. The summed E-state index contributed by atoms with van der Waals surface area (Å²) in [6.45, 7) is 1.62. The average molecular weight is 291 g/mol. The molecule has 0 saturated carbocycles.